The minimum absolute atomic E-state index is 0.370. The van der Waals surface area contributed by atoms with Gasteiger partial charge in [-0.3, -0.25) is 4.55 Å². The normalized spacial score (nSPS) is 12.4. The maximum Gasteiger partial charge on any atom is 0.357 e. The Morgan fingerprint density at radius 1 is 1.18 bits per heavy atom. The fraction of sp³-hybridized carbons (Fsp3) is 0.455. The van der Waals surface area contributed by atoms with E-state index in [4.69, 9.17) is 14.0 Å². The highest BCUT2D eigenvalue weighted by molar-refractivity contribution is 7.74. The Bertz CT molecular complexity index is 338. The summed E-state index contributed by atoms with van der Waals surface area (Å²) in [6.07, 6.45) is 0.784. The average Bonchev–Trinajstić information content (AvgIpc) is 2.30. The third-order valence-corrected chi connectivity index (χ3v) is 2.39. The number of methoxy groups -OCH3 is 1. The zero-order valence-corrected chi connectivity index (χ0v) is 10.4. The number of benzene rings is 1. The van der Waals surface area contributed by atoms with E-state index in [0.717, 1.165) is 12.0 Å². The highest BCUT2D eigenvalue weighted by atomic mass is 32.2. The van der Waals surface area contributed by atoms with Crippen LogP contribution in [-0.2, 0) is 27.3 Å². The van der Waals surface area contributed by atoms with Gasteiger partial charge in [-0.1, -0.05) is 12.1 Å². The Morgan fingerprint density at radius 2 is 1.88 bits per heavy atom. The molecule has 1 atom stereocenters. The topological polar surface area (TPSA) is 65.0 Å². The van der Waals surface area contributed by atoms with Crippen molar-refractivity contribution < 1.29 is 22.4 Å². The van der Waals surface area contributed by atoms with Gasteiger partial charge in [0.1, 0.15) is 5.75 Å². The molecular formula is C11H16O5S. The molecule has 0 aliphatic carbocycles. The summed E-state index contributed by atoms with van der Waals surface area (Å²) in [5.74, 6) is 0.370. The van der Waals surface area contributed by atoms with Crippen molar-refractivity contribution in [2.24, 2.45) is 0 Å². The smallest absolute Gasteiger partial charge is 0.357 e. The largest absolute Gasteiger partial charge is 0.382 e. The molecule has 0 aliphatic heterocycles. The first-order chi connectivity index (χ1) is 8.22. The minimum Gasteiger partial charge on any atom is -0.382 e. The lowest BCUT2D eigenvalue weighted by Gasteiger charge is -2.05. The van der Waals surface area contributed by atoms with E-state index < -0.39 is 11.4 Å². The van der Waals surface area contributed by atoms with E-state index >= 15 is 0 Å². The van der Waals surface area contributed by atoms with E-state index in [-0.39, 0.29) is 0 Å². The molecule has 0 aromatic heterocycles. The second-order valence-electron chi connectivity index (χ2n) is 3.30. The van der Waals surface area contributed by atoms with E-state index in [0.29, 0.717) is 25.6 Å². The van der Waals surface area contributed by atoms with Crippen LogP contribution in [0, 0.1) is 0 Å². The second-order valence-corrected chi connectivity index (χ2v) is 3.90. The van der Waals surface area contributed by atoms with Crippen molar-refractivity contribution in [1.82, 2.24) is 0 Å². The molecule has 1 rings (SSSR count). The molecule has 1 aromatic rings. The third kappa shape index (κ3) is 6.38. The van der Waals surface area contributed by atoms with Crippen LogP contribution < -0.4 is 4.18 Å². The molecule has 0 fully saturated rings. The van der Waals surface area contributed by atoms with Crippen LogP contribution in [0.3, 0.4) is 0 Å². The molecule has 17 heavy (non-hydrogen) atoms. The van der Waals surface area contributed by atoms with Crippen LogP contribution in [0.2, 0.25) is 0 Å². The van der Waals surface area contributed by atoms with Crippen molar-refractivity contribution >= 4 is 11.4 Å². The van der Waals surface area contributed by atoms with E-state index in [9.17, 15) is 4.21 Å². The van der Waals surface area contributed by atoms with Crippen molar-refractivity contribution in [2.75, 3.05) is 26.9 Å². The van der Waals surface area contributed by atoms with Gasteiger partial charge in [0.05, 0.1) is 19.8 Å². The Labute approximate surface area is 103 Å². The monoisotopic (exact) mass is 260 g/mol. The number of hydrogen-bond donors (Lipinski definition) is 1. The predicted octanol–water partition coefficient (Wildman–Crippen LogP) is 1.41. The van der Waals surface area contributed by atoms with Gasteiger partial charge in [-0.25, -0.2) is 0 Å². The Kier molecular flexibility index (Phi) is 6.80. The molecule has 0 spiro atoms. The summed E-state index contributed by atoms with van der Waals surface area (Å²) in [6.45, 7) is 1.80. The molecule has 0 bridgehead atoms. The van der Waals surface area contributed by atoms with Crippen LogP contribution in [0.15, 0.2) is 24.3 Å². The van der Waals surface area contributed by atoms with Crippen LogP contribution in [-0.4, -0.2) is 35.7 Å². The third-order valence-electron chi connectivity index (χ3n) is 2.06. The molecule has 0 saturated heterocycles. The summed E-state index contributed by atoms with van der Waals surface area (Å²) in [6, 6.07) is 6.97. The van der Waals surface area contributed by atoms with Gasteiger partial charge >= 0.3 is 11.4 Å². The molecule has 5 nitrogen and oxygen atoms in total. The van der Waals surface area contributed by atoms with Gasteiger partial charge < -0.3 is 13.7 Å². The van der Waals surface area contributed by atoms with E-state index in [1.165, 1.54) is 0 Å². The van der Waals surface area contributed by atoms with Gasteiger partial charge in [0.2, 0.25) is 0 Å². The number of hydrogen-bond acceptors (Lipinski definition) is 4. The second kappa shape index (κ2) is 8.19. The van der Waals surface area contributed by atoms with Crippen LogP contribution in [0.5, 0.6) is 5.75 Å². The van der Waals surface area contributed by atoms with E-state index in [1.54, 1.807) is 19.2 Å². The molecule has 0 radical (unpaired) electrons. The molecule has 1 N–H and O–H groups in total. The van der Waals surface area contributed by atoms with Crippen molar-refractivity contribution in [2.45, 2.75) is 6.42 Å². The van der Waals surface area contributed by atoms with Crippen molar-refractivity contribution in [3.8, 4) is 5.75 Å². The van der Waals surface area contributed by atoms with Gasteiger partial charge in [-0.2, -0.15) is 4.21 Å². The molecule has 1 aromatic carbocycles. The Morgan fingerprint density at radius 3 is 2.47 bits per heavy atom. The SMILES string of the molecule is COCCOCCc1ccc(OS(=O)O)cc1. The highest BCUT2D eigenvalue weighted by Gasteiger charge is 1.99. The fourth-order valence-corrected chi connectivity index (χ4v) is 1.50. The summed E-state index contributed by atoms with van der Waals surface area (Å²) in [4.78, 5) is 0. The fourth-order valence-electron chi connectivity index (χ4n) is 1.23. The van der Waals surface area contributed by atoms with E-state index in [1.807, 2.05) is 12.1 Å². The van der Waals surface area contributed by atoms with Crippen LogP contribution in [0.4, 0.5) is 0 Å². The van der Waals surface area contributed by atoms with Crippen LogP contribution in [0.1, 0.15) is 5.56 Å². The first-order valence-corrected chi connectivity index (χ1v) is 6.20. The standard InChI is InChI=1S/C11H16O5S/c1-14-8-9-15-7-6-10-2-4-11(5-3-10)16-17(12)13/h2-5H,6-9H2,1H3,(H,12,13). The van der Waals surface area contributed by atoms with Crippen molar-refractivity contribution in [3.63, 3.8) is 0 Å². The molecule has 96 valence electrons. The summed E-state index contributed by atoms with van der Waals surface area (Å²) < 4.78 is 33.7. The number of rotatable bonds is 8. The Hall–Kier alpha value is -0.950. The molecule has 0 saturated carbocycles. The molecule has 0 aliphatic rings. The lowest BCUT2D eigenvalue weighted by atomic mass is 10.1. The maximum absolute atomic E-state index is 10.4. The van der Waals surface area contributed by atoms with Crippen LogP contribution >= 0.6 is 0 Å². The van der Waals surface area contributed by atoms with Gasteiger partial charge in [-0.15, -0.1) is 0 Å². The quantitative estimate of drug-likeness (QED) is 0.565. The number of ether oxygens (including phenoxy) is 2. The molecule has 6 heteroatoms. The van der Waals surface area contributed by atoms with Gasteiger partial charge in [0.15, 0.2) is 0 Å². The minimum atomic E-state index is -2.27. The molecule has 0 amide bonds. The van der Waals surface area contributed by atoms with Crippen molar-refractivity contribution in [1.29, 1.82) is 0 Å². The van der Waals surface area contributed by atoms with Gasteiger partial charge in [0, 0.05) is 7.11 Å². The highest BCUT2D eigenvalue weighted by Crippen LogP contribution is 2.13. The predicted molar refractivity (Wildman–Crippen MR) is 64.2 cm³/mol. The van der Waals surface area contributed by atoms with Crippen molar-refractivity contribution in [3.05, 3.63) is 29.8 Å². The summed E-state index contributed by atoms with van der Waals surface area (Å²) >= 11 is -2.27. The Balaban J connectivity index is 2.28. The average molecular weight is 260 g/mol. The first-order valence-electron chi connectivity index (χ1n) is 5.17. The first kappa shape index (κ1) is 14.1. The zero-order chi connectivity index (χ0) is 12.5. The van der Waals surface area contributed by atoms with E-state index in [2.05, 4.69) is 4.18 Å². The molecular weight excluding hydrogens is 244 g/mol. The van der Waals surface area contributed by atoms with Crippen LogP contribution in [0.25, 0.3) is 0 Å². The lowest BCUT2D eigenvalue weighted by molar-refractivity contribution is 0.0722. The van der Waals surface area contributed by atoms with Gasteiger partial charge in [0.25, 0.3) is 0 Å². The summed E-state index contributed by atoms with van der Waals surface area (Å²) in [5, 5.41) is 0. The van der Waals surface area contributed by atoms with Gasteiger partial charge in [-0.05, 0) is 24.1 Å². The maximum atomic E-state index is 10.4. The molecule has 1 unspecified atom stereocenters. The lowest BCUT2D eigenvalue weighted by Crippen LogP contribution is -2.05. The summed E-state index contributed by atoms with van der Waals surface area (Å²) in [5.41, 5.74) is 1.08. The molecule has 0 heterocycles. The summed E-state index contributed by atoms with van der Waals surface area (Å²) in [7, 11) is 1.63. The zero-order valence-electron chi connectivity index (χ0n) is 9.63.